The minimum Gasteiger partial charge on any atom is -0.269 e. The van der Waals surface area contributed by atoms with E-state index in [4.69, 9.17) is 0 Å². The van der Waals surface area contributed by atoms with Crippen molar-refractivity contribution in [1.82, 2.24) is 0 Å². The molecule has 0 aromatic carbocycles. The minimum absolute atomic E-state index is 0.0490. The molecule has 3 heteroatoms. The molecule has 0 saturated carbocycles. The predicted octanol–water partition coefficient (Wildman–Crippen LogP) is 4.55. The van der Waals surface area contributed by atoms with E-state index in [1.165, 1.54) is 0 Å². The van der Waals surface area contributed by atoms with Gasteiger partial charge < -0.3 is 0 Å². The van der Waals surface area contributed by atoms with Crippen molar-refractivity contribution in [2.75, 3.05) is 0 Å². The third kappa shape index (κ3) is 5.94. The fraction of sp³-hybridized carbons (Fsp3) is 0.929. The molecule has 100 valence electrons. The van der Waals surface area contributed by atoms with Crippen LogP contribution in [-0.2, 0) is 4.79 Å². The van der Waals surface area contributed by atoms with Crippen LogP contribution >= 0.6 is 0 Å². The average Bonchev–Trinajstić information content (AvgIpc) is 2.25. The number of amides is 1. The summed E-state index contributed by atoms with van der Waals surface area (Å²) in [5.41, 5.74) is 0.184. The van der Waals surface area contributed by atoms with Crippen LogP contribution in [0.15, 0.2) is 5.18 Å². The molecule has 0 aromatic heterocycles. The van der Waals surface area contributed by atoms with Crippen molar-refractivity contribution < 1.29 is 4.79 Å². The summed E-state index contributed by atoms with van der Waals surface area (Å²) in [7, 11) is 0. The molecule has 0 rings (SSSR count). The van der Waals surface area contributed by atoms with Crippen LogP contribution in [0, 0.1) is 21.7 Å². The van der Waals surface area contributed by atoms with Crippen molar-refractivity contribution in [3.63, 3.8) is 0 Å². The van der Waals surface area contributed by atoms with Gasteiger partial charge in [-0.3, -0.25) is 4.79 Å². The first-order valence-corrected chi connectivity index (χ1v) is 6.54. The molecule has 0 fully saturated rings. The summed E-state index contributed by atoms with van der Waals surface area (Å²) in [4.78, 5) is 22.1. The molecule has 0 spiro atoms. The van der Waals surface area contributed by atoms with E-state index in [2.05, 4.69) is 46.7 Å². The van der Waals surface area contributed by atoms with Gasteiger partial charge in [0, 0.05) is 11.1 Å². The van der Waals surface area contributed by atoms with Crippen LogP contribution in [0.25, 0.3) is 0 Å². The molecule has 1 atom stereocenters. The van der Waals surface area contributed by atoms with Crippen molar-refractivity contribution in [3.05, 3.63) is 4.91 Å². The monoisotopic (exact) mass is 241 g/mol. The minimum atomic E-state index is -0.479. The summed E-state index contributed by atoms with van der Waals surface area (Å²) in [5, 5.41) is 2.64. The Bertz CT molecular complexity index is 262. The molecular weight excluding hydrogens is 214 g/mol. The largest absolute Gasteiger partial charge is 0.289 e. The third-order valence-corrected chi connectivity index (χ3v) is 3.74. The summed E-state index contributed by atoms with van der Waals surface area (Å²) in [6, 6.07) is 0. The molecule has 0 saturated heterocycles. The molecule has 17 heavy (non-hydrogen) atoms. The maximum Gasteiger partial charge on any atom is 0.289 e. The Labute approximate surface area is 105 Å². The molecule has 3 nitrogen and oxygen atoms in total. The molecule has 0 heterocycles. The second-order valence-corrected chi connectivity index (χ2v) is 6.61. The molecule has 1 unspecified atom stereocenters. The molecule has 0 radical (unpaired) electrons. The lowest BCUT2D eigenvalue weighted by Crippen LogP contribution is -2.27. The van der Waals surface area contributed by atoms with E-state index < -0.39 is 5.91 Å². The Kier molecular flexibility index (Phi) is 6.00. The first kappa shape index (κ1) is 16.3. The van der Waals surface area contributed by atoms with Gasteiger partial charge in [0.2, 0.25) is 0 Å². The highest BCUT2D eigenvalue weighted by Gasteiger charge is 2.32. The van der Waals surface area contributed by atoms with Gasteiger partial charge in [-0.15, -0.1) is 4.91 Å². The van der Waals surface area contributed by atoms with Gasteiger partial charge in [-0.25, -0.2) is 0 Å². The maximum atomic E-state index is 11.6. The van der Waals surface area contributed by atoms with E-state index in [0.717, 1.165) is 25.7 Å². The number of carbonyl (C=O) groups excluding carboxylic acids is 1. The van der Waals surface area contributed by atoms with E-state index in [0.29, 0.717) is 0 Å². The molecular formula is C14H27NO2. The lowest BCUT2D eigenvalue weighted by atomic mass is 9.72. The molecule has 0 bridgehead atoms. The normalized spacial score (nSPS) is 14.5. The molecule has 0 aliphatic heterocycles. The first-order chi connectivity index (χ1) is 7.67. The average molecular weight is 241 g/mol. The van der Waals surface area contributed by atoms with Gasteiger partial charge in [0.05, 0.1) is 0 Å². The van der Waals surface area contributed by atoms with Crippen LogP contribution in [-0.4, -0.2) is 5.91 Å². The van der Waals surface area contributed by atoms with Crippen LogP contribution in [0.4, 0.5) is 0 Å². The highest BCUT2D eigenvalue weighted by Crippen LogP contribution is 2.38. The van der Waals surface area contributed by atoms with Crippen molar-refractivity contribution in [2.24, 2.45) is 21.9 Å². The number of nitroso groups, excluding NO2 is 1. The Balaban J connectivity index is 4.82. The molecule has 1 amide bonds. The second-order valence-electron chi connectivity index (χ2n) is 6.61. The van der Waals surface area contributed by atoms with Crippen LogP contribution < -0.4 is 0 Å². The summed E-state index contributed by atoms with van der Waals surface area (Å²) in [6.45, 7) is 12.7. The summed E-state index contributed by atoms with van der Waals surface area (Å²) >= 11 is 0. The van der Waals surface area contributed by atoms with Gasteiger partial charge in [0.15, 0.2) is 0 Å². The van der Waals surface area contributed by atoms with Gasteiger partial charge >= 0.3 is 0 Å². The number of rotatable bonds is 6. The molecule has 0 aliphatic rings. The summed E-state index contributed by atoms with van der Waals surface area (Å²) in [5.74, 6) is -0.703. The van der Waals surface area contributed by atoms with Gasteiger partial charge in [0.1, 0.15) is 0 Å². The molecule has 0 aliphatic carbocycles. The summed E-state index contributed by atoms with van der Waals surface area (Å²) < 4.78 is 0. The van der Waals surface area contributed by atoms with Crippen molar-refractivity contribution in [3.8, 4) is 0 Å². The van der Waals surface area contributed by atoms with E-state index in [-0.39, 0.29) is 16.7 Å². The Morgan fingerprint density at radius 1 is 1.06 bits per heavy atom. The van der Waals surface area contributed by atoms with Crippen molar-refractivity contribution in [2.45, 2.75) is 67.2 Å². The zero-order valence-electron chi connectivity index (χ0n) is 12.2. The van der Waals surface area contributed by atoms with Crippen molar-refractivity contribution >= 4 is 5.91 Å². The highest BCUT2D eigenvalue weighted by molar-refractivity contribution is 5.79. The van der Waals surface area contributed by atoms with Gasteiger partial charge in [-0.2, -0.15) is 0 Å². The maximum absolute atomic E-state index is 11.6. The smallest absolute Gasteiger partial charge is 0.269 e. The van der Waals surface area contributed by atoms with E-state index in [9.17, 15) is 9.70 Å². The summed E-state index contributed by atoms with van der Waals surface area (Å²) in [6.07, 6.45) is 3.54. The fourth-order valence-corrected chi connectivity index (χ4v) is 2.19. The highest BCUT2D eigenvalue weighted by atomic mass is 16.3. The van der Waals surface area contributed by atoms with E-state index in [1.54, 1.807) is 0 Å². The predicted molar refractivity (Wildman–Crippen MR) is 71.7 cm³/mol. The van der Waals surface area contributed by atoms with Crippen LogP contribution in [0.5, 0.6) is 0 Å². The van der Waals surface area contributed by atoms with E-state index >= 15 is 0 Å². The third-order valence-electron chi connectivity index (χ3n) is 3.74. The fourth-order valence-electron chi connectivity index (χ4n) is 2.19. The lowest BCUT2D eigenvalue weighted by molar-refractivity contribution is -0.123. The van der Waals surface area contributed by atoms with E-state index in [1.807, 2.05) is 0 Å². The number of carbonyl (C=O) groups is 1. The van der Waals surface area contributed by atoms with Gasteiger partial charge in [-0.05, 0) is 23.7 Å². The van der Waals surface area contributed by atoms with Gasteiger partial charge in [0.25, 0.3) is 5.91 Å². The van der Waals surface area contributed by atoms with Crippen LogP contribution in [0.1, 0.15) is 67.2 Å². The van der Waals surface area contributed by atoms with Crippen LogP contribution in [0.3, 0.4) is 0 Å². The molecule has 0 aromatic rings. The number of hydrogen-bond donors (Lipinski definition) is 0. The Morgan fingerprint density at radius 2 is 1.53 bits per heavy atom. The number of hydrogen-bond acceptors (Lipinski definition) is 2. The first-order valence-electron chi connectivity index (χ1n) is 6.54. The SMILES string of the molecule is CCC(C)(CC)CC(CC(C)(C)C)C(=O)N=O. The Morgan fingerprint density at radius 3 is 1.82 bits per heavy atom. The number of nitrogens with zero attached hydrogens (tertiary/aromatic N) is 1. The Hall–Kier alpha value is -0.730. The zero-order valence-corrected chi connectivity index (χ0v) is 12.2. The topological polar surface area (TPSA) is 46.5 Å². The molecule has 0 N–H and O–H groups in total. The standard InChI is InChI=1S/C14H27NO2/c1-7-14(6,8-2)10-11(12(16)15-17)9-13(3,4)5/h11H,7-10H2,1-6H3. The van der Waals surface area contributed by atoms with Crippen molar-refractivity contribution in [1.29, 1.82) is 0 Å². The van der Waals surface area contributed by atoms with Gasteiger partial charge in [-0.1, -0.05) is 54.4 Å². The lowest BCUT2D eigenvalue weighted by Gasteiger charge is -2.32. The zero-order chi connectivity index (χ0) is 13.7. The second kappa shape index (κ2) is 6.27. The van der Waals surface area contributed by atoms with Crippen LogP contribution in [0.2, 0.25) is 0 Å². The quantitative estimate of drug-likeness (QED) is 0.640.